The van der Waals surface area contributed by atoms with E-state index in [1.807, 2.05) is 67.6 Å². The van der Waals surface area contributed by atoms with Gasteiger partial charge in [-0.05, 0) is 36.8 Å². The van der Waals surface area contributed by atoms with E-state index < -0.39 is 0 Å². The van der Waals surface area contributed by atoms with Crippen LogP contribution in [-0.4, -0.2) is 10.5 Å². The molecule has 1 amide bonds. The van der Waals surface area contributed by atoms with Crippen LogP contribution in [0.25, 0.3) is 16.9 Å². The minimum Gasteiger partial charge on any atom is -0.284 e. The zero-order valence-electron chi connectivity index (χ0n) is 15.4. The van der Waals surface area contributed by atoms with Gasteiger partial charge in [0.2, 0.25) is 4.80 Å². The third-order valence-corrected chi connectivity index (χ3v) is 5.18. The summed E-state index contributed by atoms with van der Waals surface area (Å²) in [6.07, 6.45) is 0. The first-order chi connectivity index (χ1) is 13.7. The van der Waals surface area contributed by atoms with Crippen LogP contribution in [-0.2, 0) is 0 Å². The van der Waals surface area contributed by atoms with Crippen molar-refractivity contribution in [2.45, 2.75) is 6.92 Å². The number of nitrogens with zero attached hydrogens (tertiary/aromatic N) is 2. The highest BCUT2D eigenvalue weighted by atomic mass is 32.1. The Morgan fingerprint density at radius 3 is 2.21 bits per heavy atom. The second kappa shape index (κ2) is 8.06. The van der Waals surface area contributed by atoms with Gasteiger partial charge in [-0.15, -0.1) is 16.4 Å². The maximum absolute atomic E-state index is 12.4. The monoisotopic (exact) mass is 385 g/mol. The minimum atomic E-state index is -0.228. The molecule has 5 heteroatoms. The number of hydrogen-bond donors (Lipinski definition) is 1. The van der Waals surface area contributed by atoms with Crippen LogP contribution in [0, 0.1) is 6.92 Å². The SMILES string of the molecule is Cc1ccc(C(=O)N/N=c2/scc(-c3ccccc3)n2-c2ccccc2)cc1. The quantitative estimate of drug-likeness (QED) is 0.506. The van der Waals surface area contributed by atoms with Gasteiger partial charge in [0.25, 0.3) is 5.91 Å². The normalized spacial score (nSPS) is 11.4. The standard InChI is InChI=1S/C23H19N3OS/c1-17-12-14-19(15-13-17)22(27)24-25-23-26(20-10-6-3-7-11-20)21(16-28-23)18-8-4-2-5-9-18/h2-16H,1H3,(H,24,27)/b25-23+. The molecule has 0 saturated carbocycles. The lowest BCUT2D eigenvalue weighted by Gasteiger charge is -2.09. The minimum absolute atomic E-state index is 0.228. The average Bonchev–Trinajstić information content (AvgIpc) is 3.18. The lowest BCUT2D eigenvalue weighted by atomic mass is 10.1. The second-order valence-corrected chi connectivity index (χ2v) is 7.20. The Morgan fingerprint density at radius 1 is 0.893 bits per heavy atom. The molecule has 4 rings (SSSR count). The topological polar surface area (TPSA) is 46.4 Å². The van der Waals surface area contributed by atoms with Crippen molar-refractivity contribution < 1.29 is 4.79 Å². The van der Waals surface area contributed by atoms with E-state index in [2.05, 4.69) is 32.6 Å². The number of rotatable bonds is 4. The molecule has 0 aliphatic carbocycles. The summed E-state index contributed by atoms with van der Waals surface area (Å²) in [6.45, 7) is 1.99. The number of para-hydroxylation sites is 1. The summed E-state index contributed by atoms with van der Waals surface area (Å²) >= 11 is 1.49. The fraction of sp³-hybridized carbons (Fsp3) is 0.0435. The van der Waals surface area contributed by atoms with Crippen molar-refractivity contribution in [1.82, 2.24) is 9.99 Å². The van der Waals surface area contributed by atoms with Crippen LogP contribution in [0.5, 0.6) is 0 Å². The summed E-state index contributed by atoms with van der Waals surface area (Å²) in [4.78, 5) is 13.1. The predicted octanol–water partition coefficient (Wildman–Crippen LogP) is 4.76. The Hall–Kier alpha value is -3.44. The maximum atomic E-state index is 12.4. The highest BCUT2D eigenvalue weighted by molar-refractivity contribution is 7.07. The second-order valence-electron chi connectivity index (χ2n) is 6.36. The van der Waals surface area contributed by atoms with Crippen molar-refractivity contribution in [3.63, 3.8) is 0 Å². The van der Waals surface area contributed by atoms with Crippen molar-refractivity contribution in [2.24, 2.45) is 5.10 Å². The van der Waals surface area contributed by atoms with E-state index in [4.69, 9.17) is 0 Å². The number of carbonyl (C=O) groups excluding carboxylic acids is 1. The van der Waals surface area contributed by atoms with Crippen LogP contribution in [0.2, 0.25) is 0 Å². The van der Waals surface area contributed by atoms with Crippen molar-refractivity contribution >= 4 is 17.2 Å². The van der Waals surface area contributed by atoms with Crippen LogP contribution >= 0.6 is 11.3 Å². The molecule has 1 heterocycles. The van der Waals surface area contributed by atoms with E-state index in [1.54, 1.807) is 12.1 Å². The summed E-state index contributed by atoms with van der Waals surface area (Å²) in [6, 6.07) is 27.6. The van der Waals surface area contributed by atoms with E-state index in [1.165, 1.54) is 11.3 Å². The number of thiazole rings is 1. The summed E-state index contributed by atoms with van der Waals surface area (Å²) < 4.78 is 2.05. The first-order valence-electron chi connectivity index (χ1n) is 8.94. The fourth-order valence-electron chi connectivity index (χ4n) is 2.89. The zero-order chi connectivity index (χ0) is 19.3. The average molecular weight is 385 g/mol. The number of carbonyl (C=O) groups is 1. The maximum Gasteiger partial charge on any atom is 0.271 e. The highest BCUT2D eigenvalue weighted by Gasteiger charge is 2.10. The van der Waals surface area contributed by atoms with E-state index >= 15 is 0 Å². The van der Waals surface area contributed by atoms with E-state index in [-0.39, 0.29) is 5.91 Å². The van der Waals surface area contributed by atoms with Crippen molar-refractivity contribution in [1.29, 1.82) is 0 Å². The van der Waals surface area contributed by atoms with Gasteiger partial charge < -0.3 is 0 Å². The van der Waals surface area contributed by atoms with Crippen LogP contribution in [0.3, 0.4) is 0 Å². The third kappa shape index (κ3) is 3.80. The molecule has 3 aromatic carbocycles. The highest BCUT2D eigenvalue weighted by Crippen LogP contribution is 2.23. The van der Waals surface area contributed by atoms with Crippen LogP contribution in [0.1, 0.15) is 15.9 Å². The molecular formula is C23H19N3OS. The Morgan fingerprint density at radius 2 is 1.54 bits per heavy atom. The van der Waals surface area contributed by atoms with Gasteiger partial charge in [0.15, 0.2) is 0 Å². The number of aromatic nitrogens is 1. The van der Waals surface area contributed by atoms with Gasteiger partial charge in [-0.3, -0.25) is 9.36 Å². The lowest BCUT2D eigenvalue weighted by Crippen LogP contribution is -2.24. The smallest absolute Gasteiger partial charge is 0.271 e. The predicted molar refractivity (Wildman–Crippen MR) is 113 cm³/mol. The summed E-state index contributed by atoms with van der Waals surface area (Å²) in [5, 5.41) is 6.46. The molecule has 138 valence electrons. The molecule has 0 spiro atoms. The Kier molecular flexibility index (Phi) is 5.17. The number of amides is 1. The molecule has 0 unspecified atom stereocenters. The van der Waals surface area contributed by atoms with Gasteiger partial charge in [-0.1, -0.05) is 66.2 Å². The van der Waals surface area contributed by atoms with Crippen LogP contribution in [0.15, 0.2) is 95.4 Å². The van der Waals surface area contributed by atoms with Crippen molar-refractivity contribution in [2.75, 3.05) is 0 Å². The van der Waals surface area contributed by atoms with E-state index in [9.17, 15) is 4.79 Å². The molecular weight excluding hydrogens is 366 g/mol. The fourth-order valence-corrected chi connectivity index (χ4v) is 3.76. The number of benzene rings is 3. The first-order valence-corrected chi connectivity index (χ1v) is 9.82. The molecule has 0 atom stereocenters. The zero-order valence-corrected chi connectivity index (χ0v) is 16.2. The summed E-state index contributed by atoms with van der Waals surface area (Å²) in [7, 11) is 0. The molecule has 0 aliphatic rings. The molecule has 0 bridgehead atoms. The van der Waals surface area contributed by atoms with Crippen LogP contribution < -0.4 is 10.2 Å². The Balaban J connectivity index is 1.75. The lowest BCUT2D eigenvalue weighted by molar-refractivity contribution is 0.0953. The van der Waals surface area contributed by atoms with E-state index in [0.717, 1.165) is 22.5 Å². The largest absolute Gasteiger partial charge is 0.284 e. The van der Waals surface area contributed by atoms with Gasteiger partial charge in [0.1, 0.15) is 0 Å². The molecule has 0 saturated heterocycles. The van der Waals surface area contributed by atoms with Gasteiger partial charge in [-0.25, -0.2) is 5.43 Å². The number of aryl methyl sites for hydroxylation is 1. The summed E-state index contributed by atoms with van der Waals surface area (Å²) in [5.41, 5.74) is 7.49. The molecule has 0 radical (unpaired) electrons. The van der Waals surface area contributed by atoms with Crippen molar-refractivity contribution in [3.8, 4) is 16.9 Å². The number of nitrogens with one attached hydrogen (secondary N) is 1. The molecule has 1 N–H and O–H groups in total. The van der Waals surface area contributed by atoms with Gasteiger partial charge >= 0.3 is 0 Å². The number of hydrogen-bond acceptors (Lipinski definition) is 3. The van der Waals surface area contributed by atoms with Crippen LogP contribution in [0.4, 0.5) is 0 Å². The molecule has 0 aliphatic heterocycles. The Bertz CT molecular complexity index is 1140. The summed E-state index contributed by atoms with van der Waals surface area (Å²) in [5.74, 6) is -0.228. The van der Waals surface area contributed by atoms with Gasteiger partial charge in [0, 0.05) is 16.6 Å². The van der Waals surface area contributed by atoms with Crippen molar-refractivity contribution in [3.05, 3.63) is 106 Å². The molecule has 0 fully saturated rings. The van der Waals surface area contributed by atoms with E-state index in [0.29, 0.717) is 10.4 Å². The molecule has 4 aromatic rings. The molecule has 28 heavy (non-hydrogen) atoms. The molecule has 1 aromatic heterocycles. The first kappa shape index (κ1) is 17.9. The third-order valence-electron chi connectivity index (χ3n) is 4.36. The molecule has 4 nitrogen and oxygen atoms in total. The van der Waals surface area contributed by atoms with Gasteiger partial charge in [-0.2, -0.15) is 0 Å². The van der Waals surface area contributed by atoms with Gasteiger partial charge in [0.05, 0.1) is 5.69 Å². The Labute approximate surface area is 167 Å².